The smallest absolute Gasteiger partial charge is 0.247 e. The van der Waals surface area contributed by atoms with Crippen molar-refractivity contribution in [3.05, 3.63) is 60.0 Å². The van der Waals surface area contributed by atoms with Crippen molar-refractivity contribution in [1.29, 1.82) is 0 Å². The average Bonchev–Trinajstić information content (AvgIpc) is 3.08. The van der Waals surface area contributed by atoms with Gasteiger partial charge in [-0.3, -0.25) is 4.79 Å². The number of benzene rings is 2. The fourth-order valence-corrected chi connectivity index (χ4v) is 2.41. The molecule has 2 N–H and O–H groups in total. The topological polar surface area (TPSA) is 88.2 Å². The first-order chi connectivity index (χ1) is 12.1. The van der Waals surface area contributed by atoms with Gasteiger partial charge in [0.25, 0.3) is 0 Å². The number of aromatic hydroxyl groups is 1. The van der Waals surface area contributed by atoms with Crippen LogP contribution in [0.2, 0.25) is 0 Å². The Labute approximate surface area is 145 Å². The van der Waals surface area contributed by atoms with Crippen LogP contribution < -0.4 is 5.32 Å². The van der Waals surface area contributed by atoms with Gasteiger partial charge in [0.1, 0.15) is 5.75 Å². The number of nitrogens with zero attached hydrogens (tertiary/aromatic N) is 2. The molecule has 0 saturated carbocycles. The molecule has 0 unspecified atom stereocenters. The molecule has 0 aliphatic carbocycles. The zero-order valence-corrected chi connectivity index (χ0v) is 13.9. The molecule has 0 spiro atoms. The van der Waals surface area contributed by atoms with Crippen LogP contribution in [0, 0.1) is 6.92 Å². The Bertz CT molecular complexity index is 859. The Balaban J connectivity index is 1.50. The lowest BCUT2D eigenvalue weighted by atomic mass is 10.2. The summed E-state index contributed by atoms with van der Waals surface area (Å²) in [6.07, 6.45) is 1.40. The highest BCUT2D eigenvalue weighted by molar-refractivity contribution is 5.92. The number of amides is 1. The van der Waals surface area contributed by atoms with Crippen molar-refractivity contribution < 1.29 is 14.3 Å². The first-order valence-electron chi connectivity index (χ1n) is 8.09. The quantitative estimate of drug-likeness (QED) is 0.669. The van der Waals surface area contributed by atoms with Gasteiger partial charge in [-0.15, -0.1) is 10.2 Å². The number of phenols is 1. The number of aromatic nitrogens is 2. The Morgan fingerprint density at radius 1 is 1.16 bits per heavy atom. The van der Waals surface area contributed by atoms with Gasteiger partial charge in [-0.1, -0.05) is 24.3 Å². The summed E-state index contributed by atoms with van der Waals surface area (Å²) in [5, 5.41) is 20.5. The van der Waals surface area contributed by atoms with Crippen molar-refractivity contribution in [2.45, 2.75) is 26.2 Å². The van der Waals surface area contributed by atoms with Crippen molar-refractivity contribution in [1.82, 2.24) is 10.2 Å². The standard InChI is InChI=1S/C19H19N3O3/c1-13-10-11-16(23)15(12-13)20-17(24)8-5-9-18-21-22-19(25-18)14-6-3-2-4-7-14/h2-4,6-7,10-12,23H,5,8-9H2,1H3,(H,20,24). The summed E-state index contributed by atoms with van der Waals surface area (Å²) in [4.78, 5) is 12.0. The number of hydrogen-bond acceptors (Lipinski definition) is 5. The van der Waals surface area contributed by atoms with E-state index in [9.17, 15) is 9.90 Å². The van der Waals surface area contributed by atoms with E-state index < -0.39 is 0 Å². The van der Waals surface area contributed by atoms with Crippen molar-refractivity contribution >= 4 is 11.6 Å². The van der Waals surface area contributed by atoms with Crippen LogP contribution in [0.25, 0.3) is 11.5 Å². The molecule has 3 rings (SSSR count). The number of nitrogens with one attached hydrogen (secondary N) is 1. The van der Waals surface area contributed by atoms with E-state index in [2.05, 4.69) is 15.5 Å². The van der Waals surface area contributed by atoms with E-state index in [1.807, 2.05) is 37.3 Å². The number of aryl methyl sites for hydroxylation is 2. The van der Waals surface area contributed by atoms with Crippen LogP contribution in [0.5, 0.6) is 5.75 Å². The van der Waals surface area contributed by atoms with Gasteiger partial charge in [-0.2, -0.15) is 0 Å². The average molecular weight is 337 g/mol. The van der Waals surface area contributed by atoms with Crippen LogP contribution in [0.1, 0.15) is 24.3 Å². The van der Waals surface area contributed by atoms with Crippen LogP contribution in [0.3, 0.4) is 0 Å². The number of rotatable bonds is 6. The molecule has 0 aliphatic rings. The first kappa shape index (κ1) is 16.7. The zero-order chi connectivity index (χ0) is 17.6. The van der Waals surface area contributed by atoms with Gasteiger partial charge in [0.05, 0.1) is 5.69 Å². The summed E-state index contributed by atoms with van der Waals surface area (Å²) in [5.74, 6) is 0.877. The molecular formula is C19H19N3O3. The third kappa shape index (κ3) is 4.44. The maximum atomic E-state index is 12.0. The molecule has 0 bridgehead atoms. The van der Waals surface area contributed by atoms with Crippen LogP contribution in [0.15, 0.2) is 52.9 Å². The molecule has 3 aromatic rings. The summed E-state index contributed by atoms with van der Waals surface area (Å²) < 4.78 is 5.61. The van der Waals surface area contributed by atoms with Gasteiger partial charge in [0, 0.05) is 18.4 Å². The van der Waals surface area contributed by atoms with E-state index in [4.69, 9.17) is 4.42 Å². The second-order valence-electron chi connectivity index (χ2n) is 5.79. The van der Waals surface area contributed by atoms with Crippen LogP contribution >= 0.6 is 0 Å². The first-order valence-corrected chi connectivity index (χ1v) is 8.09. The minimum absolute atomic E-state index is 0.0587. The predicted octanol–water partition coefficient (Wildman–Crippen LogP) is 3.71. The van der Waals surface area contributed by atoms with Crippen molar-refractivity contribution in [2.24, 2.45) is 0 Å². The molecule has 6 heteroatoms. The largest absolute Gasteiger partial charge is 0.506 e. The zero-order valence-electron chi connectivity index (χ0n) is 13.9. The van der Waals surface area contributed by atoms with Gasteiger partial charge in [-0.25, -0.2) is 0 Å². The monoisotopic (exact) mass is 337 g/mol. The fourth-order valence-electron chi connectivity index (χ4n) is 2.41. The summed E-state index contributed by atoms with van der Waals surface area (Å²) in [5.41, 5.74) is 2.26. The van der Waals surface area contributed by atoms with E-state index in [1.165, 1.54) is 0 Å². The minimum atomic E-state index is -0.163. The van der Waals surface area contributed by atoms with E-state index in [-0.39, 0.29) is 11.7 Å². The fraction of sp³-hybridized carbons (Fsp3) is 0.211. The Hall–Kier alpha value is -3.15. The molecule has 0 fully saturated rings. The SMILES string of the molecule is Cc1ccc(O)c(NC(=O)CCCc2nnc(-c3ccccc3)o2)c1. The van der Waals surface area contributed by atoms with Crippen LogP contribution in [-0.4, -0.2) is 21.2 Å². The maximum absolute atomic E-state index is 12.0. The second-order valence-corrected chi connectivity index (χ2v) is 5.79. The molecule has 1 heterocycles. The summed E-state index contributed by atoms with van der Waals surface area (Å²) in [7, 11) is 0. The molecule has 0 saturated heterocycles. The van der Waals surface area contributed by atoms with Crippen LogP contribution in [-0.2, 0) is 11.2 Å². The number of carbonyl (C=O) groups is 1. The van der Waals surface area contributed by atoms with Gasteiger partial charge in [0.15, 0.2) is 0 Å². The lowest BCUT2D eigenvalue weighted by Crippen LogP contribution is -2.11. The molecular weight excluding hydrogens is 318 g/mol. The van der Waals surface area contributed by atoms with E-state index in [0.717, 1.165) is 11.1 Å². The highest BCUT2D eigenvalue weighted by Crippen LogP contribution is 2.24. The van der Waals surface area contributed by atoms with E-state index in [1.54, 1.807) is 18.2 Å². The summed E-state index contributed by atoms with van der Waals surface area (Å²) in [6, 6.07) is 14.6. The van der Waals surface area contributed by atoms with Crippen molar-refractivity contribution in [3.63, 3.8) is 0 Å². The number of hydrogen-bond donors (Lipinski definition) is 2. The predicted molar refractivity (Wildman–Crippen MR) is 94.1 cm³/mol. The maximum Gasteiger partial charge on any atom is 0.247 e. The molecule has 2 aromatic carbocycles. The lowest BCUT2D eigenvalue weighted by Gasteiger charge is -2.07. The molecule has 1 aromatic heterocycles. The molecule has 0 aliphatic heterocycles. The minimum Gasteiger partial charge on any atom is -0.506 e. The van der Waals surface area contributed by atoms with E-state index in [0.29, 0.717) is 36.7 Å². The Kier molecular flexibility index (Phi) is 5.09. The summed E-state index contributed by atoms with van der Waals surface area (Å²) >= 11 is 0. The van der Waals surface area contributed by atoms with Gasteiger partial charge in [0.2, 0.25) is 17.7 Å². The number of anilines is 1. The summed E-state index contributed by atoms with van der Waals surface area (Å²) in [6.45, 7) is 1.90. The highest BCUT2D eigenvalue weighted by atomic mass is 16.4. The molecule has 1 amide bonds. The molecule has 6 nitrogen and oxygen atoms in total. The highest BCUT2D eigenvalue weighted by Gasteiger charge is 2.10. The van der Waals surface area contributed by atoms with E-state index >= 15 is 0 Å². The second kappa shape index (κ2) is 7.61. The Morgan fingerprint density at radius 2 is 1.96 bits per heavy atom. The number of carbonyl (C=O) groups excluding carboxylic acids is 1. The molecule has 25 heavy (non-hydrogen) atoms. The Morgan fingerprint density at radius 3 is 2.76 bits per heavy atom. The lowest BCUT2D eigenvalue weighted by molar-refractivity contribution is -0.116. The normalized spacial score (nSPS) is 10.6. The number of phenolic OH excluding ortho intramolecular Hbond substituents is 1. The third-order valence-electron chi connectivity index (χ3n) is 3.71. The third-order valence-corrected chi connectivity index (χ3v) is 3.71. The van der Waals surface area contributed by atoms with Crippen molar-refractivity contribution in [2.75, 3.05) is 5.32 Å². The molecule has 0 atom stereocenters. The van der Waals surface area contributed by atoms with Gasteiger partial charge < -0.3 is 14.8 Å². The van der Waals surface area contributed by atoms with Gasteiger partial charge >= 0.3 is 0 Å². The molecule has 0 radical (unpaired) electrons. The van der Waals surface area contributed by atoms with Crippen LogP contribution in [0.4, 0.5) is 5.69 Å². The van der Waals surface area contributed by atoms with Gasteiger partial charge in [-0.05, 0) is 43.2 Å². The molecule has 128 valence electrons. The van der Waals surface area contributed by atoms with Crippen molar-refractivity contribution in [3.8, 4) is 17.2 Å².